The maximum absolute atomic E-state index is 11.3. The molecule has 0 spiro atoms. The third kappa shape index (κ3) is 5.74. The van der Waals surface area contributed by atoms with E-state index < -0.39 is 10.8 Å². The molecule has 0 aliphatic heterocycles. The molecule has 1 rings (SSSR count). The zero-order valence-electron chi connectivity index (χ0n) is 12.3. The molecule has 0 aliphatic carbocycles. The minimum atomic E-state index is -0.811. The summed E-state index contributed by atoms with van der Waals surface area (Å²) in [6, 6.07) is 0. The molecule has 0 saturated carbocycles. The van der Waals surface area contributed by atoms with Crippen LogP contribution in [0, 0.1) is 6.92 Å². The van der Waals surface area contributed by atoms with Crippen LogP contribution in [-0.4, -0.2) is 45.0 Å². The number of imidazole rings is 1. The lowest BCUT2D eigenvalue weighted by atomic mass is 10.4. The highest BCUT2D eigenvalue weighted by Crippen LogP contribution is 2.10. The SMILES string of the molecule is CCOCCCn1cc(C)nc1NCC(C)S(C)=O. The van der Waals surface area contributed by atoms with Gasteiger partial charge in [0.1, 0.15) is 0 Å². The smallest absolute Gasteiger partial charge is 0.203 e. The monoisotopic (exact) mass is 287 g/mol. The fourth-order valence-corrected chi connectivity index (χ4v) is 2.01. The quantitative estimate of drug-likeness (QED) is 0.704. The fourth-order valence-electron chi connectivity index (χ4n) is 1.69. The average molecular weight is 287 g/mol. The second-order valence-corrected chi connectivity index (χ2v) is 6.44. The number of rotatable bonds is 9. The van der Waals surface area contributed by atoms with Crippen molar-refractivity contribution in [3.63, 3.8) is 0 Å². The van der Waals surface area contributed by atoms with E-state index >= 15 is 0 Å². The Labute approximate surface area is 118 Å². The Kier molecular flexibility index (Phi) is 7.09. The number of aryl methyl sites for hydroxylation is 2. The van der Waals surface area contributed by atoms with E-state index in [1.165, 1.54) is 0 Å². The lowest BCUT2D eigenvalue weighted by Gasteiger charge is -2.12. The summed E-state index contributed by atoms with van der Waals surface area (Å²) in [5.74, 6) is 0.853. The molecule has 2 unspecified atom stereocenters. The van der Waals surface area contributed by atoms with Gasteiger partial charge in [0.2, 0.25) is 5.95 Å². The Morgan fingerprint density at radius 3 is 2.95 bits per heavy atom. The Bertz CT molecular complexity index is 407. The maximum Gasteiger partial charge on any atom is 0.203 e. The molecule has 19 heavy (non-hydrogen) atoms. The Morgan fingerprint density at radius 1 is 1.58 bits per heavy atom. The summed E-state index contributed by atoms with van der Waals surface area (Å²) in [6.07, 6.45) is 4.72. The normalized spacial score (nSPS) is 14.3. The molecule has 1 aromatic rings. The first-order chi connectivity index (χ1) is 9.04. The molecule has 0 radical (unpaired) electrons. The van der Waals surface area contributed by atoms with Crippen LogP contribution in [0.5, 0.6) is 0 Å². The highest BCUT2D eigenvalue weighted by Gasteiger charge is 2.09. The second-order valence-electron chi connectivity index (χ2n) is 4.64. The molecule has 1 aromatic heterocycles. The van der Waals surface area contributed by atoms with Gasteiger partial charge in [-0.1, -0.05) is 0 Å². The van der Waals surface area contributed by atoms with E-state index in [1.807, 2.05) is 27.0 Å². The molecule has 1 N–H and O–H groups in total. The van der Waals surface area contributed by atoms with Gasteiger partial charge in [0.05, 0.1) is 5.69 Å². The minimum Gasteiger partial charge on any atom is -0.382 e. The molecular weight excluding hydrogens is 262 g/mol. The van der Waals surface area contributed by atoms with Crippen LogP contribution < -0.4 is 5.32 Å². The van der Waals surface area contributed by atoms with Crippen LogP contribution in [0.15, 0.2) is 6.20 Å². The van der Waals surface area contributed by atoms with Crippen LogP contribution in [-0.2, 0) is 22.1 Å². The van der Waals surface area contributed by atoms with Crippen LogP contribution in [0.4, 0.5) is 5.95 Å². The van der Waals surface area contributed by atoms with Crippen molar-refractivity contribution in [3.8, 4) is 0 Å². The molecule has 0 bridgehead atoms. The van der Waals surface area contributed by atoms with E-state index in [2.05, 4.69) is 14.9 Å². The van der Waals surface area contributed by atoms with Gasteiger partial charge in [0.15, 0.2) is 0 Å². The van der Waals surface area contributed by atoms with Crippen LogP contribution >= 0.6 is 0 Å². The van der Waals surface area contributed by atoms with E-state index in [9.17, 15) is 4.21 Å². The van der Waals surface area contributed by atoms with Gasteiger partial charge in [0, 0.05) is 54.8 Å². The summed E-state index contributed by atoms with van der Waals surface area (Å²) in [6.45, 7) is 9.03. The number of hydrogen-bond acceptors (Lipinski definition) is 4. The van der Waals surface area contributed by atoms with Crippen molar-refractivity contribution >= 4 is 16.7 Å². The Balaban J connectivity index is 2.50. The highest BCUT2D eigenvalue weighted by molar-refractivity contribution is 7.84. The summed E-state index contributed by atoms with van der Waals surface area (Å²) >= 11 is 0. The first-order valence-electron chi connectivity index (χ1n) is 6.72. The van der Waals surface area contributed by atoms with Crippen molar-refractivity contribution in [3.05, 3.63) is 11.9 Å². The molecule has 2 atom stereocenters. The van der Waals surface area contributed by atoms with Gasteiger partial charge in [-0.15, -0.1) is 0 Å². The van der Waals surface area contributed by atoms with Crippen molar-refractivity contribution in [2.24, 2.45) is 0 Å². The van der Waals surface area contributed by atoms with Gasteiger partial charge in [-0.3, -0.25) is 4.21 Å². The third-order valence-corrected chi connectivity index (χ3v) is 4.20. The number of nitrogens with one attached hydrogen (secondary N) is 1. The van der Waals surface area contributed by atoms with Crippen LogP contribution in [0.2, 0.25) is 0 Å². The van der Waals surface area contributed by atoms with Gasteiger partial charge >= 0.3 is 0 Å². The molecule has 110 valence electrons. The van der Waals surface area contributed by atoms with Gasteiger partial charge in [-0.05, 0) is 27.2 Å². The lowest BCUT2D eigenvalue weighted by molar-refractivity contribution is 0.142. The van der Waals surface area contributed by atoms with Gasteiger partial charge in [-0.25, -0.2) is 4.98 Å². The Hall–Kier alpha value is -0.880. The number of hydrogen-bond donors (Lipinski definition) is 1. The molecule has 0 aliphatic rings. The van der Waals surface area contributed by atoms with Gasteiger partial charge in [-0.2, -0.15) is 0 Å². The van der Waals surface area contributed by atoms with Crippen molar-refractivity contribution in [2.75, 3.05) is 31.3 Å². The third-order valence-electron chi connectivity index (χ3n) is 2.90. The minimum absolute atomic E-state index is 0.119. The van der Waals surface area contributed by atoms with E-state index in [-0.39, 0.29) is 5.25 Å². The number of ether oxygens (including phenoxy) is 1. The predicted molar refractivity (Wildman–Crippen MR) is 80.1 cm³/mol. The summed E-state index contributed by atoms with van der Waals surface area (Å²) in [5.41, 5.74) is 0.990. The number of nitrogens with zero attached hydrogens (tertiary/aromatic N) is 2. The van der Waals surface area contributed by atoms with Gasteiger partial charge < -0.3 is 14.6 Å². The molecule has 0 fully saturated rings. The van der Waals surface area contributed by atoms with Crippen molar-refractivity contribution in [1.82, 2.24) is 9.55 Å². The second kappa shape index (κ2) is 8.32. The maximum atomic E-state index is 11.3. The van der Waals surface area contributed by atoms with E-state index in [4.69, 9.17) is 4.74 Å². The zero-order valence-corrected chi connectivity index (χ0v) is 13.1. The van der Waals surface area contributed by atoms with Crippen LogP contribution in [0.1, 0.15) is 26.0 Å². The summed E-state index contributed by atoms with van der Waals surface area (Å²) in [4.78, 5) is 4.45. The molecule has 1 heterocycles. The Morgan fingerprint density at radius 2 is 2.32 bits per heavy atom. The van der Waals surface area contributed by atoms with Crippen molar-refractivity contribution in [1.29, 1.82) is 0 Å². The topological polar surface area (TPSA) is 56.1 Å². The first-order valence-corrected chi connectivity index (χ1v) is 8.34. The molecule has 0 amide bonds. The molecule has 0 aromatic carbocycles. The van der Waals surface area contributed by atoms with Crippen LogP contribution in [0.3, 0.4) is 0 Å². The zero-order chi connectivity index (χ0) is 14.3. The average Bonchev–Trinajstić information content (AvgIpc) is 2.72. The van der Waals surface area contributed by atoms with Gasteiger partial charge in [0.25, 0.3) is 0 Å². The first kappa shape index (κ1) is 16.2. The molecule has 6 heteroatoms. The van der Waals surface area contributed by atoms with Crippen LogP contribution in [0.25, 0.3) is 0 Å². The van der Waals surface area contributed by atoms with E-state index in [1.54, 1.807) is 6.26 Å². The summed E-state index contributed by atoms with van der Waals surface area (Å²) in [5, 5.41) is 3.39. The number of anilines is 1. The molecule has 5 nitrogen and oxygen atoms in total. The summed E-state index contributed by atoms with van der Waals surface area (Å²) < 4.78 is 18.8. The highest BCUT2D eigenvalue weighted by atomic mass is 32.2. The van der Waals surface area contributed by atoms with E-state index in [0.29, 0.717) is 6.54 Å². The van der Waals surface area contributed by atoms with E-state index in [0.717, 1.165) is 37.8 Å². The lowest BCUT2D eigenvalue weighted by Crippen LogP contribution is -2.22. The largest absolute Gasteiger partial charge is 0.382 e. The standard InChI is InChI=1S/C13H25N3O2S/c1-5-18-8-6-7-16-10-11(2)15-13(16)14-9-12(3)19(4)17/h10,12H,5-9H2,1-4H3,(H,14,15). The fraction of sp³-hybridized carbons (Fsp3) is 0.769. The van der Waals surface area contributed by atoms with Crippen molar-refractivity contribution in [2.45, 2.75) is 39.0 Å². The van der Waals surface area contributed by atoms with Crippen molar-refractivity contribution < 1.29 is 8.95 Å². The molecular formula is C13H25N3O2S. The molecule has 0 saturated heterocycles. The predicted octanol–water partition coefficient (Wildman–Crippen LogP) is 1.80. The number of aromatic nitrogens is 2. The summed E-state index contributed by atoms with van der Waals surface area (Å²) in [7, 11) is -0.811.